The van der Waals surface area contributed by atoms with Crippen molar-refractivity contribution in [3.63, 3.8) is 0 Å². The SMILES string of the molecule is Cc1ccccc1OC(=O)CNC(=O)c1cccc(C#N)c1. The molecule has 0 heterocycles. The number of nitriles is 1. The summed E-state index contributed by atoms with van der Waals surface area (Å²) in [5.74, 6) is -0.522. The quantitative estimate of drug-likeness (QED) is 0.692. The lowest BCUT2D eigenvalue weighted by Gasteiger charge is -2.08. The first-order chi connectivity index (χ1) is 10.6. The maximum atomic E-state index is 11.9. The van der Waals surface area contributed by atoms with E-state index >= 15 is 0 Å². The van der Waals surface area contributed by atoms with Crippen LogP contribution in [-0.4, -0.2) is 18.4 Å². The van der Waals surface area contributed by atoms with Crippen LogP contribution in [0.25, 0.3) is 0 Å². The molecule has 1 N–H and O–H groups in total. The van der Waals surface area contributed by atoms with Crippen molar-refractivity contribution in [3.05, 3.63) is 65.2 Å². The van der Waals surface area contributed by atoms with Crippen molar-refractivity contribution in [1.29, 1.82) is 5.26 Å². The number of carbonyl (C=O) groups excluding carboxylic acids is 2. The molecule has 0 saturated heterocycles. The highest BCUT2D eigenvalue weighted by atomic mass is 16.5. The van der Waals surface area contributed by atoms with Gasteiger partial charge in [0.1, 0.15) is 12.3 Å². The molecule has 2 rings (SSSR count). The summed E-state index contributed by atoms with van der Waals surface area (Å²) < 4.78 is 5.17. The molecule has 0 saturated carbocycles. The van der Waals surface area contributed by atoms with Gasteiger partial charge in [-0.1, -0.05) is 24.3 Å². The number of carbonyl (C=O) groups is 2. The highest BCUT2D eigenvalue weighted by Crippen LogP contribution is 2.16. The molecular formula is C17H14N2O3. The van der Waals surface area contributed by atoms with E-state index in [0.29, 0.717) is 16.9 Å². The van der Waals surface area contributed by atoms with Gasteiger partial charge in [0.05, 0.1) is 11.6 Å². The third-order valence-electron chi connectivity index (χ3n) is 2.96. The highest BCUT2D eigenvalue weighted by Gasteiger charge is 2.11. The van der Waals surface area contributed by atoms with E-state index in [4.69, 9.17) is 10.00 Å². The third-order valence-corrected chi connectivity index (χ3v) is 2.96. The number of nitrogens with one attached hydrogen (secondary N) is 1. The zero-order chi connectivity index (χ0) is 15.9. The van der Waals surface area contributed by atoms with E-state index < -0.39 is 11.9 Å². The predicted octanol–water partition coefficient (Wildman–Crippen LogP) is 2.20. The largest absolute Gasteiger partial charge is 0.425 e. The molecule has 0 bridgehead atoms. The van der Waals surface area contributed by atoms with Gasteiger partial charge in [0.15, 0.2) is 0 Å². The molecule has 0 radical (unpaired) electrons. The lowest BCUT2D eigenvalue weighted by atomic mass is 10.1. The van der Waals surface area contributed by atoms with Crippen molar-refractivity contribution in [1.82, 2.24) is 5.32 Å². The van der Waals surface area contributed by atoms with E-state index in [-0.39, 0.29) is 6.54 Å². The van der Waals surface area contributed by atoms with Crippen LogP contribution in [0.3, 0.4) is 0 Å². The van der Waals surface area contributed by atoms with Crippen LogP contribution < -0.4 is 10.1 Å². The average molecular weight is 294 g/mol. The molecular weight excluding hydrogens is 280 g/mol. The summed E-state index contributed by atoms with van der Waals surface area (Å²) >= 11 is 0. The van der Waals surface area contributed by atoms with Crippen LogP contribution in [0.2, 0.25) is 0 Å². The molecule has 0 aromatic heterocycles. The zero-order valence-electron chi connectivity index (χ0n) is 12.0. The standard InChI is InChI=1S/C17H14N2O3/c1-12-5-2-3-8-15(12)22-16(20)11-19-17(21)14-7-4-6-13(9-14)10-18/h2-9H,11H2,1H3,(H,19,21). The number of hydrogen-bond acceptors (Lipinski definition) is 4. The number of rotatable bonds is 4. The minimum atomic E-state index is -0.556. The number of para-hydroxylation sites is 1. The monoisotopic (exact) mass is 294 g/mol. The van der Waals surface area contributed by atoms with Gasteiger partial charge in [0.2, 0.25) is 0 Å². The van der Waals surface area contributed by atoms with Crippen LogP contribution in [0.1, 0.15) is 21.5 Å². The number of benzene rings is 2. The van der Waals surface area contributed by atoms with Gasteiger partial charge < -0.3 is 10.1 Å². The van der Waals surface area contributed by atoms with Gasteiger partial charge in [0.25, 0.3) is 5.91 Å². The number of amides is 1. The Balaban J connectivity index is 1.92. The molecule has 22 heavy (non-hydrogen) atoms. The lowest BCUT2D eigenvalue weighted by Crippen LogP contribution is -2.32. The first-order valence-corrected chi connectivity index (χ1v) is 6.65. The Morgan fingerprint density at radius 2 is 1.95 bits per heavy atom. The fraction of sp³-hybridized carbons (Fsp3) is 0.118. The van der Waals surface area contributed by atoms with E-state index in [1.807, 2.05) is 25.1 Å². The number of esters is 1. The molecule has 0 aliphatic carbocycles. The molecule has 110 valence electrons. The zero-order valence-corrected chi connectivity index (χ0v) is 12.0. The van der Waals surface area contributed by atoms with Crippen molar-refractivity contribution in [2.75, 3.05) is 6.54 Å². The molecule has 1 amide bonds. The maximum absolute atomic E-state index is 11.9. The minimum Gasteiger partial charge on any atom is -0.425 e. The lowest BCUT2D eigenvalue weighted by molar-refractivity contribution is -0.133. The molecule has 5 heteroatoms. The van der Waals surface area contributed by atoms with E-state index in [1.54, 1.807) is 30.3 Å². The van der Waals surface area contributed by atoms with Crippen molar-refractivity contribution in [3.8, 4) is 11.8 Å². The first-order valence-electron chi connectivity index (χ1n) is 6.65. The molecule has 0 fully saturated rings. The number of hydrogen-bond donors (Lipinski definition) is 1. The number of nitrogens with zero attached hydrogens (tertiary/aromatic N) is 1. The summed E-state index contributed by atoms with van der Waals surface area (Å²) in [5.41, 5.74) is 1.54. The topological polar surface area (TPSA) is 79.2 Å². The third kappa shape index (κ3) is 3.93. The van der Waals surface area contributed by atoms with Gasteiger partial charge in [0, 0.05) is 5.56 Å². The Kier molecular flexibility index (Phi) is 4.89. The van der Waals surface area contributed by atoms with Crippen molar-refractivity contribution in [2.24, 2.45) is 0 Å². The summed E-state index contributed by atoms with van der Waals surface area (Å²) in [6.45, 7) is 1.58. The van der Waals surface area contributed by atoms with E-state index in [2.05, 4.69) is 5.32 Å². The molecule has 0 atom stereocenters. The summed E-state index contributed by atoms with van der Waals surface area (Å²) in [6.07, 6.45) is 0. The molecule has 0 unspecified atom stereocenters. The van der Waals surface area contributed by atoms with Gasteiger partial charge in [-0.3, -0.25) is 4.79 Å². The molecule has 2 aromatic carbocycles. The van der Waals surface area contributed by atoms with Crippen LogP contribution in [0.15, 0.2) is 48.5 Å². The summed E-state index contributed by atoms with van der Waals surface area (Å²) in [5, 5.41) is 11.3. The Morgan fingerprint density at radius 3 is 2.68 bits per heavy atom. The van der Waals surface area contributed by atoms with Crippen molar-refractivity contribution in [2.45, 2.75) is 6.92 Å². The normalized spacial score (nSPS) is 9.64. The van der Waals surface area contributed by atoms with Crippen molar-refractivity contribution < 1.29 is 14.3 Å². The van der Waals surface area contributed by atoms with Gasteiger partial charge in [-0.2, -0.15) is 5.26 Å². The second-order valence-electron chi connectivity index (χ2n) is 4.61. The van der Waals surface area contributed by atoms with Gasteiger partial charge in [-0.15, -0.1) is 0 Å². The van der Waals surface area contributed by atoms with Crippen LogP contribution >= 0.6 is 0 Å². The molecule has 0 aliphatic heterocycles. The Hall–Kier alpha value is -3.13. The number of ether oxygens (including phenoxy) is 1. The van der Waals surface area contributed by atoms with Gasteiger partial charge in [-0.25, -0.2) is 4.79 Å². The fourth-order valence-corrected chi connectivity index (χ4v) is 1.81. The van der Waals surface area contributed by atoms with Gasteiger partial charge in [-0.05, 0) is 36.8 Å². The fourth-order valence-electron chi connectivity index (χ4n) is 1.81. The predicted molar refractivity (Wildman–Crippen MR) is 80.3 cm³/mol. The summed E-state index contributed by atoms with van der Waals surface area (Å²) in [4.78, 5) is 23.6. The average Bonchev–Trinajstić information content (AvgIpc) is 2.55. The van der Waals surface area contributed by atoms with Crippen LogP contribution in [-0.2, 0) is 4.79 Å². The van der Waals surface area contributed by atoms with Gasteiger partial charge >= 0.3 is 5.97 Å². The van der Waals surface area contributed by atoms with Crippen molar-refractivity contribution >= 4 is 11.9 Å². The summed E-state index contributed by atoms with van der Waals surface area (Å²) in [6, 6.07) is 15.3. The van der Waals surface area contributed by atoms with Crippen LogP contribution in [0.5, 0.6) is 5.75 Å². The molecule has 2 aromatic rings. The number of aryl methyl sites for hydroxylation is 1. The van der Waals surface area contributed by atoms with E-state index in [1.165, 1.54) is 6.07 Å². The van der Waals surface area contributed by atoms with E-state index in [9.17, 15) is 9.59 Å². The first kappa shape index (κ1) is 15.3. The van der Waals surface area contributed by atoms with Crippen LogP contribution in [0, 0.1) is 18.3 Å². The smallest absolute Gasteiger partial charge is 0.330 e. The Labute approximate surface area is 128 Å². The Bertz CT molecular complexity index is 748. The second-order valence-corrected chi connectivity index (χ2v) is 4.61. The molecule has 0 spiro atoms. The highest BCUT2D eigenvalue weighted by molar-refractivity contribution is 5.96. The maximum Gasteiger partial charge on any atom is 0.330 e. The van der Waals surface area contributed by atoms with Crippen LogP contribution in [0.4, 0.5) is 0 Å². The summed E-state index contributed by atoms with van der Waals surface area (Å²) in [7, 11) is 0. The molecule has 0 aliphatic rings. The second kappa shape index (κ2) is 7.04. The minimum absolute atomic E-state index is 0.246. The molecule has 5 nitrogen and oxygen atoms in total. The van der Waals surface area contributed by atoms with E-state index in [0.717, 1.165) is 5.56 Å². The Morgan fingerprint density at radius 1 is 1.18 bits per heavy atom.